The molecule has 4 heterocycles. The molecule has 5 rings (SSSR count). The number of hydrogen-bond donors (Lipinski definition) is 2. The third-order valence-electron chi connectivity index (χ3n) is 6.66. The van der Waals surface area contributed by atoms with E-state index >= 15 is 0 Å². The number of carboxylic acid groups (broad SMARTS) is 1. The maximum absolute atomic E-state index is 12.9. The van der Waals surface area contributed by atoms with Crippen molar-refractivity contribution >= 4 is 41.0 Å². The minimum Gasteiger partial charge on any atom is -0.481 e. The Morgan fingerprint density at radius 1 is 0.973 bits per heavy atom. The first-order valence-corrected chi connectivity index (χ1v) is 13.0. The van der Waals surface area contributed by atoms with Gasteiger partial charge in [-0.3, -0.25) is 14.4 Å². The summed E-state index contributed by atoms with van der Waals surface area (Å²) in [4.78, 5) is 47.7. The van der Waals surface area contributed by atoms with E-state index < -0.39 is 5.97 Å². The summed E-state index contributed by atoms with van der Waals surface area (Å²) in [5, 5.41) is 12.2. The Kier molecular flexibility index (Phi) is 9.31. The summed E-state index contributed by atoms with van der Waals surface area (Å²) in [6.07, 6.45) is 2.81. The van der Waals surface area contributed by atoms with Crippen LogP contribution >= 0.6 is 23.2 Å². The number of rotatable bonds is 4. The van der Waals surface area contributed by atoms with Gasteiger partial charge in [0, 0.05) is 38.3 Å². The van der Waals surface area contributed by atoms with Crippen LogP contribution in [0.5, 0.6) is 0 Å². The van der Waals surface area contributed by atoms with Gasteiger partial charge in [0.15, 0.2) is 0 Å². The highest BCUT2D eigenvalue weighted by atomic mass is 35.5. The van der Waals surface area contributed by atoms with Crippen LogP contribution in [0.1, 0.15) is 23.3 Å². The highest BCUT2D eigenvalue weighted by molar-refractivity contribution is 6.42. The van der Waals surface area contributed by atoms with Crippen molar-refractivity contribution in [2.24, 2.45) is 11.8 Å². The summed E-state index contributed by atoms with van der Waals surface area (Å²) < 4.78 is 5.30. The summed E-state index contributed by atoms with van der Waals surface area (Å²) in [7, 11) is 0. The number of likely N-dealkylation sites (tertiary alicyclic amines) is 1. The normalized spacial score (nSPS) is 21.4. The third-order valence-corrected chi connectivity index (χ3v) is 7.40. The van der Waals surface area contributed by atoms with Crippen molar-refractivity contribution in [2.45, 2.75) is 12.8 Å². The van der Waals surface area contributed by atoms with Crippen molar-refractivity contribution in [1.82, 2.24) is 25.1 Å². The predicted molar refractivity (Wildman–Crippen MR) is 138 cm³/mol. The van der Waals surface area contributed by atoms with E-state index in [4.69, 9.17) is 33.0 Å². The molecule has 2 atom stereocenters. The number of hydrogen-bond acceptors (Lipinski definition) is 7. The molecule has 2 N–H and O–H groups in total. The highest BCUT2D eigenvalue weighted by Crippen LogP contribution is 2.28. The van der Waals surface area contributed by atoms with Gasteiger partial charge in [0.05, 0.1) is 40.8 Å². The molecule has 198 valence electrons. The Balaban J connectivity index is 0.000000342. The fraction of sp³-hybridized carbons (Fsp3) is 0.480. The minimum absolute atomic E-state index is 0.0998. The van der Waals surface area contributed by atoms with Crippen LogP contribution in [0.15, 0.2) is 30.6 Å². The zero-order chi connectivity index (χ0) is 26.4. The van der Waals surface area contributed by atoms with E-state index in [2.05, 4.69) is 15.3 Å². The van der Waals surface area contributed by atoms with Crippen molar-refractivity contribution in [2.75, 3.05) is 52.5 Å². The van der Waals surface area contributed by atoms with Crippen LogP contribution in [0.3, 0.4) is 0 Å². The predicted octanol–water partition coefficient (Wildman–Crippen LogP) is 2.45. The van der Waals surface area contributed by atoms with E-state index in [-0.39, 0.29) is 23.7 Å². The number of nitrogens with zero attached hydrogens (tertiary/aromatic N) is 4. The molecule has 2 amide bonds. The molecule has 1 aromatic carbocycles. The second-order valence-corrected chi connectivity index (χ2v) is 9.93. The molecular weight excluding hydrogens is 521 g/mol. The maximum Gasteiger partial charge on any atom is 0.307 e. The molecule has 12 heteroatoms. The quantitative estimate of drug-likeness (QED) is 0.595. The molecule has 0 spiro atoms. The molecule has 37 heavy (non-hydrogen) atoms. The van der Waals surface area contributed by atoms with Crippen LogP contribution in [0.25, 0.3) is 11.3 Å². The second-order valence-electron chi connectivity index (χ2n) is 9.12. The SMILES string of the molecule is O=C(O)C1CCNC1.O=C(c1cc(-c2ccc(Cl)c(Cl)c2)ncn1)N1CCC(C(=O)N2CCOCC2)C1. The topological polar surface area (TPSA) is 125 Å². The van der Waals surface area contributed by atoms with Gasteiger partial charge in [0.25, 0.3) is 5.91 Å². The van der Waals surface area contributed by atoms with Crippen molar-refractivity contribution < 1.29 is 24.2 Å². The summed E-state index contributed by atoms with van der Waals surface area (Å²) >= 11 is 12.1. The number of ether oxygens (including phenoxy) is 1. The number of amides is 2. The lowest BCUT2D eigenvalue weighted by atomic mass is 10.1. The Hall–Kier alpha value is -2.79. The number of carboxylic acids is 1. The van der Waals surface area contributed by atoms with E-state index in [9.17, 15) is 14.4 Å². The summed E-state index contributed by atoms with van der Waals surface area (Å²) in [5.41, 5.74) is 1.63. The van der Waals surface area contributed by atoms with E-state index in [1.807, 2.05) is 4.90 Å². The van der Waals surface area contributed by atoms with Gasteiger partial charge in [0.2, 0.25) is 5.91 Å². The van der Waals surface area contributed by atoms with Crippen LogP contribution in [0.2, 0.25) is 10.0 Å². The van der Waals surface area contributed by atoms with E-state index in [0.29, 0.717) is 73.8 Å². The molecule has 0 aliphatic carbocycles. The van der Waals surface area contributed by atoms with E-state index in [1.165, 1.54) is 6.33 Å². The molecule has 3 saturated heterocycles. The van der Waals surface area contributed by atoms with Crippen molar-refractivity contribution in [3.8, 4) is 11.3 Å². The first kappa shape index (κ1) is 27.3. The van der Waals surface area contributed by atoms with Crippen LogP contribution in [0, 0.1) is 11.8 Å². The Morgan fingerprint density at radius 3 is 2.41 bits per heavy atom. The molecule has 3 fully saturated rings. The van der Waals surface area contributed by atoms with Crippen molar-refractivity contribution in [1.29, 1.82) is 0 Å². The largest absolute Gasteiger partial charge is 0.481 e. The Morgan fingerprint density at radius 2 is 1.76 bits per heavy atom. The average molecular weight is 550 g/mol. The molecule has 0 bridgehead atoms. The van der Waals surface area contributed by atoms with Crippen LogP contribution in [-0.2, 0) is 14.3 Å². The second kappa shape index (κ2) is 12.6. The number of nitrogens with one attached hydrogen (secondary N) is 1. The molecule has 0 saturated carbocycles. The number of aliphatic carboxylic acids is 1. The molecule has 2 aromatic rings. The first-order valence-electron chi connectivity index (χ1n) is 12.2. The lowest BCUT2D eigenvalue weighted by Gasteiger charge is -2.29. The van der Waals surface area contributed by atoms with Crippen LogP contribution < -0.4 is 5.32 Å². The molecule has 3 aliphatic heterocycles. The smallest absolute Gasteiger partial charge is 0.307 e. The standard InChI is InChI=1S/C20H20Cl2N4O3.C5H9NO2/c21-15-2-1-13(9-16(15)22)17-10-18(24-12-23-17)20(28)26-4-3-14(11-26)19(27)25-5-7-29-8-6-25;7-5(8)4-1-2-6-3-4/h1-2,9-10,12,14H,3-8,11H2;4,6H,1-3H2,(H,7,8). The zero-order valence-corrected chi connectivity index (χ0v) is 21.7. The number of benzene rings is 1. The van der Waals surface area contributed by atoms with E-state index in [1.54, 1.807) is 29.2 Å². The Bertz CT molecular complexity index is 1140. The summed E-state index contributed by atoms with van der Waals surface area (Å²) in [6.45, 7) is 4.81. The minimum atomic E-state index is -0.671. The van der Waals surface area contributed by atoms with Gasteiger partial charge in [0.1, 0.15) is 12.0 Å². The maximum atomic E-state index is 12.9. The van der Waals surface area contributed by atoms with Crippen molar-refractivity contribution in [3.05, 3.63) is 46.3 Å². The number of aromatic nitrogens is 2. The van der Waals surface area contributed by atoms with Crippen LogP contribution in [-0.4, -0.2) is 95.1 Å². The number of carbonyl (C=O) groups excluding carboxylic acids is 2. The van der Waals surface area contributed by atoms with Crippen LogP contribution in [0.4, 0.5) is 0 Å². The molecule has 1 aromatic heterocycles. The fourth-order valence-corrected chi connectivity index (χ4v) is 4.80. The monoisotopic (exact) mass is 549 g/mol. The molecule has 3 aliphatic rings. The van der Waals surface area contributed by atoms with Crippen molar-refractivity contribution in [3.63, 3.8) is 0 Å². The van der Waals surface area contributed by atoms with Gasteiger partial charge >= 0.3 is 5.97 Å². The van der Waals surface area contributed by atoms with Gasteiger partial charge in [-0.15, -0.1) is 0 Å². The highest BCUT2D eigenvalue weighted by Gasteiger charge is 2.34. The molecule has 2 unspecified atom stereocenters. The molecule has 10 nitrogen and oxygen atoms in total. The molecular formula is C25H29Cl2N5O5. The van der Waals surface area contributed by atoms with Gasteiger partial charge in [-0.1, -0.05) is 29.3 Å². The summed E-state index contributed by atoms with van der Waals surface area (Å²) in [5.74, 6) is -1.08. The number of carbonyl (C=O) groups is 3. The zero-order valence-electron chi connectivity index (χ0n) is 20.2. The summed E-state index contributed by atoms with van der Waals surface area (Å²) in [6, 6.07) is 6.81. The number of morpholine rings is 1. The fourth-order valence-electron chi connectivity index (χ4n) is 4.50. The Labute approximate surface area is 224 Å². The van der Waals surface area contributed by atoms with Gasteiger partial charge in [-0.2, -0.15) is 0 Å². The number of halogens is 2. The van der Waals surface area contributed by atoms with Gasteiger partial charge in [-0.05, 0) is 37.6 Å². The lowest BCUT2D eigenvalue weighted by Crippen LogP contribution is -2.44. The molecule has 0 radical (unpaired) electrons. The first-order chi connectivity index (χ1) is 17.8. The lowest BCUT2D eigenvalue weighted by molar-refractivity contribution is -0.141. The third kappa shape index (κ3) is 6.95. The van der Waals surface area contributed by atoms with Gasteiger partial charge < -0.3 is 25.0 Å². The average Bonchev–Trinajstić information content (AvgIpc) is 3.64. The van der Waals surface area contributed by atoms with Gasteiger partial charge in [-0.25, -0.2) is 9.97 Å². The van der Waals surface area contributed by atoms with E-state index in [0.717, 1.165) is 18.5 Å².